The van der Waals surface area contributed by atoms with Crippen LogP contribution < -0.4 is 20.2 Å². The highest BCUT2D eigenvalue weighted by molar-refractivity contribution is 14.1. The fourth-order valence-corrected chi connectivity index (χ4v) is 3.48. The van der Waals surface area contributed by atoms with Gasteiger partial charge < -0.3 is 14.8 Å². The molecule has 0 aliphatic rings. The zero-order valence-electron chi connectivity index (χ0n) is 16.6. The lowest BCUT2D eigenvalue weighted by molar-refractivity contribution is -0.126. The number of rotatable bonds is 9. The van der Waals surface area contributed by atoms with Gasteiger partial charge in [-0.15, -0.1) is 0 Å². The van der Waals surface area contributed by atoms with Crippen molar-refractivity contribution in [1.82, 2.24) is 5.43 Å². The molecular weight excluding hydrogens is 485 g/mol. The summed E-state index contributed by atoms with van der Waals surface area (Å²) in [4.78, 5) is 24.1. The van der Waals surface area contributed by atoms with E-state index in [1.165, 1.54) is 6.21 Å². The third-order valence-electron chi connectivity index (χ3n) is 3.93. The van der Waals surface area contributed by atoms with E-state index in [-0.39, 0.29) is 6.42 Å². The number of benzene rings is 2. The molecule has 0 aromatic heterocycles. The van der Waals surface area contributed by atoms with Crippen molar-refractivity contribution in [2.24, 2.45) is 5.10 Å². The topological polar surface area (TPSA) is 89.0 Å². The number of amides is 2. The summed E-state index contributed by atoms with van der Waals surface area (Å²) in [6.45, 7) is 4.39. The minimum absolute atomic E-state index is 0.320. The number of hydrazone groups is 1. The van der Waals surface area contributed by atoms with Gasteiger partial charge >= 0.3 is 0 Å². The second-order valence-corrected chi connectivity index (χ2v) is 7.16. The SMILES string of the molecule is CCOc1cc(C=NNC(=O)CC(=O)Nc2ccccc2CC)cc(I)c1OC. The van der Waals surface area contributed by atoms with E-state index < -0.39 is 11.8 Å². The van der Waals surface area contributed by atoms with Gasteiger partial charge in [-0.3, -0.25) is 9.59 Å². The molecule has 0 radical (unpaired) electrons. The average Bonchev–Trinajstić information content (AvgIpc) is 2.68. The Labute approximate surface area is 184 Å². The van der Waals surface area contributed by atoms with Crippen molar-refractivity contribution in [3.05, 3.63) is 51.1 Å². The number of anilines is 1. The van der Waals surface area contributed by atoms with Gasteiger partial charge in [0, 0.05) is 5.69 Å². The van der Waals surface area contributed by atoms with Crippen LogP contribution in [-0.2, 0) is 16.0 Å². The maximum absolute atomic E-state index is 12.1. The van der Waals surface area contributed by atoms with E-state index >= 15 is 0 Å². The predicted octanol–water partition coefficient (Wildman–Crippen LogP) is 3.74. The minimum Gasteiger partial charge on any atom is -0.492 e. The van der Waals surface area contributed by atoms with E-state index in [9.17, 15) is 9.59 Å². The quantitative estimate of drug-likeness (QED) is 0.233. The molecule has 0 unspecified atom stereocenters. The Morgan fingerprint density at radius 3 is 2.62 bits per heavy atom. The molecule has 7 nitrogen and oxygen atoms in total. The third kappa shape index (κ3) is 6.74. The number of para-hydroxylation sites is 1. The summed E-state index contributed by atoms with van der Waals surface area (Å²) < 4.78 is 11.8. The fourth-order valence-electron chi connectivity index (χ4n) is 2.63. The van der Waals surface area contributed by atoms with Crippen molar-refractivity contribution in [2.45, 2.75) is 26.7 Å². The molecular formula is C21H24IN3O4. The Morgan fingerprint density at radius 2 is 1.93 bits per heavy atom. The molecule has 154 valence electrons. The fraction of sp³-hybridized carbons (Fsp3) is 0.286. The van der Waals surface area contributed by atoms with Gasteiger partial charge in [-0.05, 0) is 65.3 Å². The summed E-state index contributed by atoms with van der Waals surface area (Å²) >= 11 is 2.14. The molecule has 0 bridgehead atoms. The van der Waals surface area contributed by atoms with Crippen molar-refractivity contribution < 1.29 is 19.1 Å². The number of methoxy groups -OCH3 is 1. The monoisotopic (exact) mass is 509 g/mol. The molecule has 0 saturated heterocycles. The number of ether oxygens (including phenoxy) is 2. The molecule has 0 aliphatic heterocycles. The largest absolute Gasteiger partial charge is 0.492 e. The maximum atomic E-state index is 12.1. The van der Waals surface area contributed by atoms with Crippen LogP contribution in [0.3, 0.4) is 0 Å². The van der Waals surface area contributed by atoms with E-state index in [2.05, 4.69) is 38.4 Å². The van der Waals surface area contributed by atoms with Crippen LogP contribution in [0.25, 0.3) is 0 Å². The average molecular weight is 509 g/mol. The van der Waals surface area contributed by atoms with Crippen LogP contribution >= 0.6 is 22.6 Å². The first kappa shape index (κ1) is 22.7. The Bertz CT molecular complexity index is 899. The zero-order chi connectivity index (χ0) is 21.2. The van der Waals surface area contributed by atoms with Gasteiger partial charge in [-0.1, -0.05) is 25.1 Å². The lowest BCUT2D eigenvalue weighted by Crippen LogP contribution is -2.25. The van der Waals surface area contributed by atoms with Gasteiger partial charge in [0.2, 0.25) is 11.8 Å². The van der Waals surface area contributed by atoms with Crippen molar-refractivity contribution in [3.8, 4) is 11.5 Å². The Morgan fingerprint density at radius 1 is 1.17 bits per heavy atom. The van der Waals surface area contributed by atoms with Gasteiger partial charge in [0.1, 0.15) is 6.42 Å². The molecule has 2 amide bonds. The summed E-state index contributed by atoms with van der Waals surface area (Å²) in [7, 11) is 1.58. The second-order valence-electron chi connectivity index (χ2n) is 6.00. The standard InChI is InChI=1S/C21H24IN3O4/c1-4-15-8-6-7-9-17(15)24-19(26)12-20(27)25-23-13-14-10-16(22)21(28-3)18(11-14)29-5-2/h6-11,13H,4-5,12H2,1-3H3,(H,24,26)(H,25,27). The highest BCUT2D eigenvalue weighted by atomic mass is 127. The number of aryl methyl sites for hydroxylation is 1. The van der Waals surface area contributed by atoms with Crippen LogP contribution in [0.1, 0.15) is 31.4 Å². The van der Waals surface area contributed by atoms with Gasteiger partial charge in [0.15, 0.2) is 11.5 Å². The van der Waals surface area contributed by atoms with Crippen LogP contribution in [0.4, 0.5) is 5.69 Å². The molecule has 2 aromatic carbocycles. The number of carbonyl (C=O) groups is 2. The summed E-state index contributed by atoms with van der Waals surface area (Å²) in [5.74, 6) is 0.360. The number of nitrogens with one attached hydrogen (secondary N) is 2. The molecule has 0 atom stereocenters. The second kappa shape index (κ2) is 11.4. The van der Waals surface area contributed by atoms with E-state index in [1.807, 2.05) is 44.2 Å². The third-order valence-corrected chi connectivity index (χ3v) is 4.73. The molecule has 2 N–H and O–H groups in total. The van der Waals surface area contributed by atoms with E-state index in [0.717, 1.165) is 21.1 Å². The minimum atomic E-state index is -0.499. The smallest absolute Gasteiger partial charge is 0.249 e. The van der Waals surface area contributed by atoms with Crippen LogP contribution in [0, 0.1) is 3.57 Å². The molecule has 2 rings (SSSR count). The first-order chi connectivity index (χ1) is 14.0. The molecule has 0 spiro atoms. The van der Waals surface area contributed by atoms with Gasteiger partial charge in [0.05, 0.1) is 23.5 Å². The van der Waals surface area contributed by atoms with E-state index in [0.29, 0.717) is 23.8 Å². The summed E-state index contributed by atoms with van der Waals surface area (Å²) in [5.41, 5.74) is 4.84. The highest BCUT2D eigenvalue weighted by Gasteiger charge is 2.12. The molecule has 8 heteroatoms. The molecule has 0 saturated carbocycles. The Balaban J connectivity index is 1.94. The number of halogens is 1. The van der Waals surface area contributed by atoms with Crippen molar-refractivity contribution in [3.63, 3.8) is 0 Å². The van der Waals surface area contributed by atoms with E-state index in [1.54, 1.807) is 13.2 Å². The van der Waals surface area contributed by atoms with Crippen LogP contribution in [0.15, 0.2) is 41.5 Å². The van der Waals surface area contributed by atoms with Crippen LogP contribution in [0.2, 0.25) is 0 Å². The van der Waals surface area contributed by atoms with Crippen LogP contribution in [-0.4, -0.2) is 31.7 Å². The van der Waals surface area contributed by atoms with Crippen molar-refractivity contribution in [2.75, 3.05) is 19.0 Å². The number of hydrogen-bond acceptors (Lipinski definition) is 5. The van der Waals surface area contributed by atoms with Gasteiger partial charge in [0.25, 0.3) is 0 Å². The van der Waals surface area contributed by atoms with Crippen LogP contribution in [0.5, 0.6) is 11.5 Å². The lowest BCUT2D eigenvalue weighted by atomic mass is 10.1. The van der Waals surface area contributed by atoms with Gasteiger partial charge in [-0.25, -0.2) is 5.43 Å². The number of carbonyl (C=O) groups excluding carboxylic acids is 2. The Hall–Kier alpha value is -2.62. The summed E-state index contributed by atoms with van der Waals surface area (Å²) in [6, 6.07) is 11.1. The number of nitrogens with zero attached hydrogens (tertiary/aromatic N) is 1. The molecule has 2 aromatic rings. The molecule has 0 heterocycles. The normalized spacial score (nSPS) is 10.6. The predicted molar refractivity (Wildman–Crippen MR) is 122 cm³/mol. The Kier molecular flexibility index (Phi) is 8.91. The zero-order valence-corrected chi connectivity index (χ0v) is 18.8. The summed E-state index contributed by atoms with van der Waals surface area (Å²) in [5, 5.41) is 6.69. The van der Waals surface area contributed by atoms with Crippen molar-refractivity contribution in [1.29, 1.82) is 0 Å². The highest BCUT2D eigenvalue weighted by Crippen LogP contribution is 2.33. The molecule has 29 heavy (non-hydrogen) atoms. The maximum Gasteiger partial charge on any atom is 0.249 e. The lowest BCUT2D eigenvalue weighted by Gasteiger charge is -2.11. The number of hydrogen-bond donors (Lipinski definition) is 2. The molecule has 0 aliphatic carbocycles. The van der Waals surface area contributed by atoms with Gasteiger partial charge in [-0.2, -0.15) is 5.10 Å². The summed E-state index contributed by atoms with van der Waals surface area (Å²) in [6.07, 6.45) is 1.96. The first-order valence-corrected chi connectivity index (χ1v) is 10.3. The van der Waals surface area contributed by atoms with Crippen molar-refractivity contribution >= 4 is 46.3 Å². The first-order valence-electron chi connectivity index (χ1n) is 9.18. The van der Waals surface area contributed by atoms with E-state index in [4.69, 9.17) is 9.47 Å². The molecule has 0 fully saturated rings.